The van der Waals surface area contributed by atoms with Crippen LogP contribution >= 0.6 is 0 Å². The average molecular weight is 318 g/mol. The monoisotopic (exact) mass is 319 g/mol. The molecule has 13 heavy (non-hydrogen) atoms. The van der Waals surface area contributed by atoms with Gasteiger partial charge >= 0.3 is 48.9 Å². The number of carbonyl (C=O) groups excluding carboxylic acids is 2. The van der Waals surface area contributed by atoms with Gasteiger partial charge in [0.05, 0.1) is 0 Å². The van der Waals surface area contributed by atoms with Crippen LogP contribution in [0.2, 0.25) is 0 Å². The first-order valence-electron chi connectivity index (χ1n) is 2.18. The van der Waals surface area contributed by atoms with Crippen LogP contribution in [-0.4, -0.2) is 61.1 Å². The van der Waals surface area contributed by atoms with Crippen LogP contribution in [0.4, 0.5) is 9.59 Å². The Morgan fingerprint density at radius 1 is 1.00 bits per heavy atom. The number of amides is 2. The minimum Gasteiger partial charge on any atom is -0.615 e. The molecule has 0 unspecified atom stereocenters. The Morgan fingerprint density at radius 3 is 1.08 bits per heavy atom. The van der Waals surface area contributed by atoms with Crippen LogP contribution in [0.5, 0.6) is 0 Å². The van der Waals surface area contributed by atoms with Gasteiger partial charge in [0.25, 0.3) is 0 Å². The van der Waals surface area contributed by atoms with Crippen LogP contribution in [0.3, 0.4) is 0 Å². The van der Waals surface area contributed by atoms with Crippen LogP contribution in [0, 0.1) is 0 Å². The van der Waals surface area contributed by atoms with E-state index < -0.39 is 12.2 Å². The molecule has 0 aliphatic rings. The van der Waals surface area contributed by atoms with E-state index in [1.807, 2.05) is 0 Å². The Balaban J connectivity index is -0.0000000491. The Labute approximate surface area is 114 Å². The normalized spacial score (nSPS) is 5.54. The van der Waals surface area contributed by atoms with Gasteiger partial charge in [0.1, 0.15) is 12.2 Å². The van der Waals surface area contributed by atoms with Gasteiger partial charge in [-0.15, -0.1) is 0 Å². The van der Waals surface area contributed by atoms with E-state index in [2.05, 4.69) is 17.5 Å². The number of hydrogen-bond acceptors (Lipinski definition) is 7. The quantitative estimate of drug-likeness (QED) is 0.127. The molecule has 10 nitrogen and oxygen atoms in total. The molecular formula is C2H9BaN6O4-. The SMILES string of the molecule is NNC(=O)[O-].NNC(=O)[O-].[Ba+2].[NH-]N. The number of carbonyl (C=O) groups is 2. The summed E-state index contributed by atoms with van der Waals surface area (Å²) in [7, 11) is 0. The number of nitrogens with two attached hydrogens (primary N) is 3. The van der Waals surface area contributed by atoms with Crippen LogP contribution in [0.1, 0.15) is 0 Å². The molecule has 0 rings (SSSR count). The summed E-state index contributed by atoms with van der Waals surface area (Å²) in [6.07, 6.45) is -2.94. The Morgan fingerprint density at radius 2 is 1.08 bits per heavy atom. The minimum atomic E-state index is -1.47. The van der Waals surface area contributed by atoms with Gasteiger partial charge in [-0.25, -0.2) is 11.7 Å². The fourth-order valence-corrected chi connectivity index (χ4v) is 0. The second kappa shape index (κ2) is 22.7. The van der Waals surface area contributed by atoms with Gasteiger partial charge in [0.15, 0.2) is 0 Å². The number of rotatable bonds is 0. The molecule has 0 bridgehead atoms. The van der Waals surface area contributed by atoms with E-state index in [0.717, 1.165) is 0 Å². The number of hydrazine groups is 2. The molecule has 0 atom stereocenters. The molecule has 0 aliphatic carbocycles. The number of hydrogen-bond donors (Lipinski definition) is 5. The molecule has 2 amide bonds. The van der Waals surface area contributed by atoms with E-state index in [1.54, 1.807) is 0 Å². The first kappa shape index (κ1) is 23.1. The molecule has 0 saturated carbocycles. The fraction of sp³-hybridized carbons (Fsp3) is 0. The van der Waals surface area contributed by atoms with Crippen molar-refractivity contribution in [2.75, 3.05) is 0 Å². The van der Waals surface area contributed by atoms with E-state index in [9.17, 15) is 0 Å². The molecule has 11 heteroatoms. The van der Waals surface area contributed by atoms with E-state index in [4.69, 9.17) is 25.6 Å². The van der Waals surface area contributed by atoms with E-state index in [-0.39, 0.29) is 48.9 Å². The van der Waals surface area contributed by atoms with Crippen molar-refractivity contribution < 1.29 is 19.8 Å². The van der Waals surface area contributed by atoms with Gasteiger partial charge in [0.2, 0.25) is 0 Å². The molecule has 0 aromatic rings. The molecule has 74 valence electrons. The summed E-state index contributed by atoms with van der Waals surface area (Å²) in [5.41, 5.74) is 2.67. The van der Waals surface area contributed by atoms with E-state index in [0.29, 0.717) is 0 Å². The van der Waals surface area contributed by atoms with Gasteiger partial charge in [-0.1, -0.05) is 0 Å². The maximum Gasteiger partial charge on any atom is 2.00 e. The first-order chi connectivity index (χ1) is 5.54. The topological polar surface area (TPSA) is 206 Å². The van der Waals surface area contributed by atoms with Crippen molar-refractivity contribution in [2.45, 2.75) is 0 Å². The molecule has 9 N–H and O–H groups in total. The van der Waals surface area contributed by atoms with Gasteiger partial charge in [0, 0.05) is 0 Å². The van der Waals surface area contributed by atoms with Crippen molar-refractivity contribution in [3.8, 4) is 0 Å². The van der Waals surface area contributed by atoms with Crippen LogP contribution in [-0.2, 0) is 0 Å². The van der Waals surface area contributed by atoms with E-state index in [1.165, 1.54) is 10.9 Å². The molecule has 0 aliphatic heterocycles. The standard InChI is InChI=1S/2CH4N2O2.Ba.H3N2/c2*2-3-1(4)5;;1-2/h2*3H,2H2,(H,4,5);;1H,2H2/q;;+2;-1/p-2. The summed E-state index contributed by atoms with van der Waals surface area (Å²) in [5, 5.41) is 18.0. The zero-order valence-corrected chi connectivity index (χ0v) is 11.0. The van der Waals surface area contributed by atoms with Crippen LogP contribution in [0.15, 0.2) is 0 Å². The predicted octanol–water partition coefficient (Wildman–Crippen LogP) is -4.88. The molecule has 0 spiro atoms. The Hall–Kier alpha value is -0.0486. The van der Waals surface area contributed by atoms with Crippen molar-refractivity contribution in [3.05, 3.63) is 5.84 Å². The molecule has 0 saturated heterocycles. The molecular weight excluding hydrogens is 309 g/mol. The largest absolute Gasteiger partial charge is 2.00 e. The summed E-state index contributed by atoms with van der Waals surface area (Å²) >= 11 is 0. The summed E-state index contributed by atoms with van der Waals surface area (Å²) in [6.45, 7) is 0. The summed E-state index contributed by atoms with van der Waals surface area (Å²) in [5.74, 6) is 17.5. The van der Waals surface area contributed by atoms with Crippen molar-refractivity contribution in [1.29, 1.82) is 0 Å². The molecule has 0 aromatic carbocycles. The van der Waals surface area contributed by atoms with Crippen molar-refractivity contribution in [1.82, 2.24) is 10.9 Å². The Bertz CT molecular complexity index is 107. The third-order valence-corrected chi connectivity index (χ3v) is 0.236. The van der Waals surface area contributed by atoms with Gasteiger partial charge in [-0.05, 0) is 0 Å². The van der Waals surface area contributed by atoms with Crippen molar-refractivity contribution in [2.24, 2.45) is 17.5 Å². The summed E-state index contributed by atoms with van der Waals surface area (Å²) in [4.78, 5) is 18.0. The smallest absolute Gasteiger partial charge is 0.615 e. The first-order valence-corrected chi connectivity index (χ1v) is 2.18. The molecule has 0 fully saturated rings. The zero-order chi connectivity index (χ0) is 10.6. The third kappa shape index (κ3) is 75.8. The molecule has 0 radical (unpaired) electrons. The fourth-order valence-electron chi connectivity index (χ4n) is 0. The van der Waals surface area contributed by atoms with Gasteiger partial charge < -0.3 is 42.3 Å². The minimum absolute atomic E-state index is 0. The summed E-state index contributed by atoms with van der Waals surface area (Å²) < 4.78 is 0. The second-order valence-electron chi connectivity index (χ2n) is 0.864. The predicted molar refractivity (Wildman–Crippen MR) is 39.7 cm³/mol. The van der Waals surface area contributed by atoms with Crippen LogP contribution < -0.4 is 38.6 Å². The van der Waals surface area contributed by atoms with Crippen molar-refractivity contribution in [3.63, 3.8) is 0 Å². The Kier molecular flexibility index (Phi) is 40.3. The van der Waals surface area contributed by atoms with E-state index >= 15 is 0 Å². The summed E-state index contributed by atoms with van der Waals surface area (Å²) in [6, 6.07) is 0. The van der Waals surface area contributed by atoms with Crippen LogP contribution in [0.25, 0.3) is 5.84 Å². The number of carboxylic acid groups (broad SMARTS) is 2. The second-order valence-corrected chi connectivity index (χ2v) is 0.864. The molecule has 0 heterocycles. The number of nitrogens with one attached hydrogen (secondary N) is 3. The van der Waals surface area contributed by atoms with Crippen molar-refractivity contribution >= 4 is 61.1 Å². The molecule has 0 aromatic heterocycles. The maximum absolute atomic E-state index is 9.02. The zero-order valence-electron chi connectivity index (χ0n) is 6.57. The average Bonchev–Trinajstić information content (AvgIpc) is 2.09. The van der Waals surface area contributed by atoms with Gasteiger partial charge in [-0.3, -0.25) is 0 Å². The third-order valence-electron chi connectivity index (χ3n) is 0.236. The van der Waals surface area contributed by atoms with Gasteiger partial charge in [-0.2, -0.15) is 0 Å². The maximum atomic E-state index is 9.02.